The minimum absolute atomic E-state index is 0.0649. The van der Waals surface area contributed by atoms with Crippen LogP contribution in [0.4, 0.5) is 11.4 Å². The summed E-state index contributed by atoms with van der Waals surface area (Å²) in [7, 11) is 0. The van der Waals surface area contributed by atoms with Gasteiger partial charge in [0.1, 0.15) is 0 Å². The van der Waals surface area contributed by atoms with Crippen LogP contribution in [0.1, 0.15) is 24.2 Å². The number of carbonyl (C=O) groups is 1. The normalized spacial score (nSPS) is 11.2. The summed E-state index contributed by atoms with van der Waals surface area (Å²) in [5.41, 5.74) is 12.3. The van der Waals surface area contributed by atoms with Gasteiger partial charge in [-0.25, -0.2) is 0 Å². The third-order valence-corrected chi connectivity index (χ3v) is 2.52. The molecule has 0 atom stereocenters. The van der Waals surface area contributed by atoms with Crippen molar-refractivity contribution in [3.63, 3.8) is 0 Å². The lowest BCUT2D eigenvalue weighted by Gasteiger charge is -2.23. The van der Waals surface area contributed by atoms with Crippen molar-refractivity contribution >= 4 is 17.3 Å². The van der Waals surface area contributed by atoms with E-state index < -0.39 is 5.91 Å². The van der Waals surface area contributed by atoms with Crippen molar-refractivity contribution in [3.8, 4) is 0 Å². The van der Waals surface area contributed by atoms with Crippen LogP contribution in [0.5, 0.6) is 0 Å². The predicted octanol–water partition coefficient (Wildman–Crippen LogP) is 0.798. The van der Waals surface area contributed by atoms with E-state index in [2.05, 4.69) is 5.32 Å². The van der Waals surface area contributed by atoms with E-state index in [0.717, 1.165) is 0 Å². The first kappa shape index (κ1) is 13.3. The molecule has 0 aliphatic heterocycles. The molecule has 0 bridgehead atoms. The first-order chi connectivity index (χ1) is 7.85. The van der Waals surface area contributed by atoms with Crippen molar-refractivity contribution in [2.75, 3.05) is 24.2 Å². The van der Waals surface area contributed by atoms with E-state index in [1.807, 2.05) is 13.8 Å². The Kier molecular flexibility index (Phi) is 3.96. The van der Waals surface area contributed by atoms with Crippen LogP contribution in [0, 0.1) is 5.41 Å². The lowest BCUT2D eigenvalue weighted by molar-refractivity contribution is 0.100. The molecule has 1 amide bonds. The second kappa shape index (κ2) is 5.05. The number of primary amides is 1. The van der Waals surface area contributed by atoms with Gasteiger partial charge in [0.05, 0.1) is 11.4 Å². The molecule has 5 nitrogen and oxygen atoms in total. The molecule has 0 fully saturated rings. The molecule has 0 aliphatic rings. The topological polar surface area (TPSA) is 101 Å². The first-order valence-electron chi connectivity index (χ1n) is 5.40. The fraction of sp³-hybridized carbons (Fsp3) is 0.417. The Bertz CT molecular complexity index is 416. The smallest absolute Gasteiger partial charge is 0.248 e. The highest BCUT2D eigenvalue weighted by atomic mass is 16.3. The Morgan fingerprint density at radius 1 is 1.47 bits per heavy atom. The lowest BCUT2D eigenvalue weighted by atomic mass is 9.95. The zero-order valence-electron chi connectivity index (χ0n) is 10.2. The summed E-state index contributed by atoms with van der Waals surface area (Å²) in [4.78, 5) is 11.0. The molecule has 0 unspecified atom stereocenters. The largest absolute Gasteiger partial charge is 0.397 e. The molecule has 1 aromatic rings. The summed E-state index contributed by atoms with van der Waals surface area (Å²) < 4.78 is 0. The lowest BCUT2D eigenvalue weighted by Crippen LogP contribution is -2.27. The van der Waals surface area contributed by atoms with Gasteiger partial charge >= 0.3 is 0 Å². The van der Waals surface area contributed by atoms with Crippen LogP contribution in [0.25, 0.3) is 0 Å². The number of amides is 1. The fourth-order valence-electron chi connectivity index (χ4n) is 1.25. The summed E-state index contributed by atoms with van der Waals surface area (Å²) in [5.74, 6) is -0.491. The van der Waals surface area contributed by atoms with Gasteiger partial charge in [-0.1, -0.05) is 13.8 Å². The van der Waals surface area contributed by atoms with E-state index in [-0.39, 0.29) is 12.0 Å². The molecule has 0 aliphatic carbocycles. The van der Waals surface area contributed by atoms with Crippen LogP contribution in [-0.4, -0.2) is 24.2 Å². The zero-order chi connectivity index (χ0) is 13.1. The van der Waals surface area contributed by atoms with Crippen molar-refractivity contribution in [3.05, 3.63) is 23.8 Å². The van der Waals surface area contributed by atoms with Gasteiger partial charge in [0.25, 0.3) is 0 Å². The number of hydrogen-bond donors (Lipinski definition) is 4. The molecule has 0 saturated heterocycles. The van der Waals surface area contributed by atoms with E-state index in [0.29, 0.717) is 23.5 Å². The van der Waals surface area contributed by atoms with Crippen molar-refractivity contribution < 1.29 is 9.90 Å². The number of carbonyl (C=O) groups excluding carboxylic acids is 1. The molecule has 94 valence electrons. The highest BCUT2D eigenvalue weighted by molar-refractivity contribution is 5.94. The number of nitrogen functional groups attached to an aromatic ring is 1. The van der Waals surface area contributed by atoms with Gasteiger partial charge in [0.2, 0.25) is 5.91 Å². The van der Waals surface area contributed by atoms with E-state index in [1.165, 1.54) is 0 Å². The van der Waals surface area contributed by atoms with Gasteiger partial charge < -0.3 is 21.9 Å². The number of nitrogens with two attached hydrogens (primary N) is 2. The Morgan fingerprint density at radius 3 is 2.65 bits per heavy atom. The average molecular weight is 237 g/mol. The minimum atomic E-state index is -0.491. The summed E-state index contributed by atoms with van der Waals surface area (Å²) in [5, 5.41) is 12.2. The summed E-state index contributed by atoms with van der Waals surface area (Å²) in [6.45, 7) is 4.47. The van der Waals surface area contributed by atoms with E-state index >= 15 is 0 Å². The standard InChI is InChI=1S/C12H19N3O2/c1-12(2,7-16)6-15-10-5-8(11(14)17)3-4-9(10)13/h3-5,15-16H,6-7,13H2,1-2H3,(H2,14,17). The number of rotatable bonds is 5. The molecule has 0 aromatic heterocycles. The van der Waals surface area contributed by atoms with Gasteiger partial charge in [-0.2, -0.15) is 0 Å². The minimum Gasteiger partial charge on any atom is -0.397 e. The van der Waals surface area contributed by atoms with E-state index in [9.17, 15) is 4.79 Å². The number of nitrogens with one attached hydrogen (secondary N) is 1. The van der Waals surface area contributed by atoms with Crippen LogP contribution in [-0.2, 0) is 0 Å². The molecule has 0 radical (unpaired) electrons. The Balaban J connectivity index is 2.83. The molecular weight excluding hydrogens is 218 g/mol. The molecule has 1 aromatic carbocycles. The Morgan fingerprint density at radius 2 is 2.12 bits per heavy atom. The summed E-state index contributed by atoms with van der Waals surface area (Å²) in [6, 6.07) is 4.83. The molecule has 1 rings (SSSR count). The number of benzene rings is 1. The predicted molar refractivity (Wildman–Crippen MR) is 68.7 cm³/mol. The van der Waals surface area contributed by atoms with Crippen LogP contribution >= 0.6 is 0 Å². The maximum atomic E-state index is 11.0. The van der Waals surface area contributed by atoms with Gasteiger partial charge in [0, 0.05) is 24.1 Å². The second-order valence-corrected chi connectivity index (χ2v) is 4.84. The third kappa shape index (κ3) is 3.64. The monoisotopic (exact) mass is 237 g/mol. The van der Waals surface area contributed by atoms with E-state index in [4.69, 9.17) is 16.6 Å². The molecular formula is C12H19N3O2. The Labute approximate surface area is 101 Å². The summed E-state index contributed by atoms with van der Waals surface area (Å²) in [6.07, 6.45) is 0. The average Bonchev–Trinajstić information content (AvgIpc) is 2.27. The SMILES string of the molecule is CC(C)(CO)CNc1cc(C(N)=O)ccc1N. The van der Waals surface area contributed by atoms with Crippen LogP contribution in [0.2, 0.25) is 0 Å². The maximum absolute atomic E-state index is 11.0. The molecule has 0 saturated carbocycles. The first-order valence-corrected chi connectivity index (χ1v) is 5.40. The van der Waals surface area contributed by atoms with Crippen molar-refractivity contribution in [2.24, 2.45) is 11.1 Å². The third-order valence-electron chi connectivity index (χ3n) is 2.52. The van der Waals surface area contributed by atoms with Crippen LogP contribution in [0.15, 0.2) is 18.2 Å². The number of aliphatic hydroxyl groups excluding tert-OH is 1. The highest BCUT2D eigenvalue weighted by Crippen LogP contribution is 2.22. The highest BCUT2D eigenvalue weighted by Gasteiger charge is 2.16. The summed E-state index contributed by atoms with van der Waals surface area (Å²) >= 11 is 0. The number of aliphatic hydroxyl groups is 1. The molecule has 0 spiro atoms. The van der Waals surface area contributed by atoms with Crippen LogP contribution in [0.3, 0.4) is 0 Å². The van der Waals surface area contributed by atoms with Crippen molar-refractivity contribution in [1.29, 1.82) is 0 Å². The quantitative estimate of drug-likeness (QED) is 0.569. The van der Waals surface area contributed by atoms with Gasteiger partial charge in [0.15, 0.2) is 0 Å². The van der Waals surface area contributed by atoms with Gasteiger partial charge in [-0.3, -0.25) is 4.79 Å². The molecule has 5 heteroatoms. The van der Waals surface area contributed by atoms with E-state index in [1.54, 1.807) is 18.2 Å². The number of hydrogen-bond acceptors (Lipinski definition) is 4. The van der Waals surface area contributed by atoms with Crippen molar-refractivity contribution in [1.82, 2.24) is 0 Å². The van der Waals surface area contributed by atoms with Crippen molar-refractivity contribution in [2.45, 2.75) is 13.8 Å². The molecule has 0 heterocycles. The van der Waals surface area contributed by atoms with Gasteiger partial charge in [-0.05, 0) is 18.2 Å². The Hall–Kier alpha value is -1.75. The fourth-order valence-corrected chi connectivity index (χ4v) is 1.25. The number of anilines is 2. The second-order valence-electron chi connectivity index (χ2n) is 4.84. The van der Waals surface area contributed by atoms with Crippen LogP contribution < -0.4 is 16.8 Å². The maximum Gasteiger partial charge on any atom is 0.248 e. The molecule has 6 N–H and O–H groups in total. The zero-order valence-corrected chi connectivity index (χ0v) is 10.2. The van der Waals surface area contributed by atoms with Gasteiger partial charge in [-0.15, -0.1) is 0 Å². The molecule has 17 heavy (non-hydrogen) atoms.